The maximum absolute atomic E-state index is 14.3. The fourth-order valence-corrected chi connectivity index (χ4v) is 3.46. The molecule has 1 fully saturated rings. The first-order chi connectivity index (χ1) is 10.5. The molecule has 0 radical (unpaired) electrons. The summed E-state index contributed by atoms with van der Waals surface area (Å²) in [5, 5.41) is 11.4. The van der Waals surface area contributed by atoms with Crippen LogP contribution in [-0.4, -0.2) is 30.1 Å². The molecule has 116 valence electrons. The molecule has 0 amide bonds. The molecule has 2 aromatic carbocycles. The molecule has 0 unspecified atom stereocenters. The van der Waals surface area contributed by atoms with Crippen molar-refractivity contribution in [1.29, 1.82) is 0 Å². The van der Waals surface area contributed by atoms with Crippen molar-refractivity contribution in [1.82, 2.24) is 4.90 Å². The molecule has 0 bridgehead atoms. The third-order valence-electron chi connectivity index (χ3n) is 4.74. The number of benzene rings is 2. The fraction of sp³-hybridized carbons (Fsp3) is 0.368. The monoisotopic (exact) mass is 299 g/mol. The van der Waals surface area contributed by atoms with E-state index in [4.69, 9.17) is 0 Å². The highest BCUT2D eigenvalue weighted by molar-refractivity contribution is 5.35. The van der Waals surface area contributed by atoms with Gasteiger partial charge in [-0.2, -0.15) is 0 Å². The molecule has 22 heavy (non-hydrogen) atoms. The minimum atomic E-state index is -1.03. The SMILES string of the molecule is Cc1cccc([C@@]2(O)CCN(C)C[C@@H]2c2ccccc2F)c1. The van der Waals surface area contributed by atoms with Crippen LogP contribution in [0.15, 0.2) is 48.5 Å². The number of hydrogen-bond donors (Lipinski definition) is 1. The zero-order chi connectivity index (χ0) is 15.7. The Kier molecular flexibility index (Phi) is 4.02. The number of likely N-dealkylation sites (N-methyl/N-ethyl adjacent to an activating group) is 1. The maximum Gasteiger partial charge on any atom is 0.126 e. The van der Waals surface area contributed by atoms with Crippen molar-refractivity contribution in [2.75, 3.05) is 20.1 Å². The van der Waals surface area contributed by atoms with Gasteiger partial charge in [0.15, 0.2) is 0 Å². The van der Waals surface area contributed by atoms with Gasteiger partial charge >= 0.3 is 0 Å². The van der Waals surface area contributed by atoms with Crippen LogP contribution in [0.3, 0.4) is 0 Å². The Bertz CT molecular complexity index is 672. The van der Waals surface area contributed by atoms with Crippen molar-refractivity contribution in [2.45, 2.75) is 24.9 Å². The summed E-state index contributed by atoms with van der Waals surface area (Å²) in [5.74, 6) is -0.511. The van der Waals surface area contributed by atoms with Gasteiger partial charge in [0.25, 0.3) is 0 Å². The largest absolute Gasteiger partial charge is 0.384 e. The first-order valence-electron chi connectivity index (χ1n) is 7.73. The third-order valence-corrected chi connectivity index (χ3v) is 4.74. The lowest BCUT2D eigenvalue weighted by molar-refractivity contribution is -0.0428. The van der Waals surface area contributed by atoms with E-state index >= 15 is 0 Å². The van der Waals surface area contributed by atoms with E-state index in [1.807, 2.05) is 44.3 Å². The van der Waals surface area contributed by atoms with Crippen molar-refractivity contribution >= 4 is 0 Å². The lowest BCUT2D eigenvalue weighted by Crippen LogP contribution is -2.47. The molecule has 1 saturated heterocycles. The van der Waals surface area contributed by atoms with Gasteiger partial charge in [0.2, 0.25) is 0 Å². The molecule has 0 saturated carbocycles. The summed E-state index contributed by atoms with van der Waals surface area (Å²) < 4.78 is 14.3. The first kappa shape index (κ1) is 15.2. The van der Waals surface area contributed by atoms with E-state index in [1.54, 1.807) is 12.1 Å². The van der Waals surface area contributed by atoms with Crippen LogP contribution < -0.4 is 0 Å². The van der Waals surface area contributed by atoms with E-state index in [-0.39, 0.29) is 11.7 Å². The molecule has 2 aromatic rings. The topological polar surface area (TPSA) is 23.5 Å². The van der Waals surface area contributed by atoms with Crippen molar-refractivity contribution in [3.05, 3.63) is 71.0 Å². The van der Waals surface area contributed by atoms with Crippen LogP contribution in [0.5, 0.6) is 0 Å². The summed E-state index contributed by atoms with van der Waals surface area (Å²) in [6, 6.07) is 14.7. The van der Waals surface area contributed by atoms with E-state index in [0.29, 0.717) is 18.5 Å². The predicted molar refractivity (Wildman–Crippen MR) is 86.3 cm³/mol. The predicted octanol–water partition coefficient (Wildman–Crippen LogP) is 3.44. The van der Waals surface area contributed by atoms with E-state index in [0.717, 1.165) is 17.7 Å². The lowest BCUT2D eigenvalue weighted by atomic mass is 9.72. The number of likely N-dealkylation sites (tertiary alicyclic amines) is 1. The zero-order valence-electron chi connectivity index (χ0n) is 13.1. The van der Waals surface area contributed by atoms with E-state index in [2.05, 4.69) is 4.90 Å². The molecule has 0 aliphatic carbocycles. The highest BCUT2D eigenvalue weighted by Gasteiger charge is 2.43. The van der Waals surface area contributed by atoms with Gasteiger partial charge < -0.3 is 10.0 Å². The fourth-order valence-electron chi connectivity index (χ4n) is 3.46. The van der Waals surface area contributed by atoms with Crippen LogP contribution >= 0.6 is 0 Å². The van der Waals surface area contributed by atoms with Gasteiger partial charge in [-0.05, 0) is 37.6 Å². The average molecular weight is 299 g/mol. The van der Waals surface area contributed by atoms with E-state index in [1.165, 1.54) is 6.07 Å². The minimum absolute atomic E-state index is 0.242. The number of halogens is 1. The molecule has 1 aliphatic rings. The molecule has 2 nitrogen and oxygen atoms in total. The van der Waals surface area contributed by atoms with Crippen LogP contribution in [0.2, 0.25) is 0 Å². The number of nitrogens with zero attached hydrogens (tertiary/aromatic N) is 1. The molecular weight excluding hydrogens is 277 g/mol. The maximum atomic E-state index is 14.3. The van der Waals surface area contributed by atoms with Crippen LogP contribution in [0.25, 0.3) is 0 Å². The number of hydrogen-bond acceptors (Lipinski definition) is 2. The third kappa shape index (κ3) is 2.67. The normalized spacial score (nSPS) is 26.1. The Morgan fingerprint density at radius 3 is 2.68 bits per heavy atom. The highest BCUT2D eigenvalue weighted by Crippen LogP contribution is 2.43. The van der Waals surface area contributed by atoms with E-state index in [9.17, 15) is 9.50 Å². The Balaban J connectivity index is 2.09. The molecule has 2 atom stereocenters. The first-order valence-corrected chi connectivity index (χ1v) is 7.73. The van der Waals surface area contributed by atoms with Gasteiger partial charge in [0.05, 0.1) is 5.60 Å². The Morgan fingerprint density at radius 1 is 1.18 bits per heavy atom. The quantitative estimate of drug-likeness (QED) is 0.918. The Morgan fingerprint density at radius 2 is 1.95 bits per heavy atom. The Hall–Kier alpha value is -1.71. The second-order valence-electron chi connectivity index (χ2n) is 6.38. The minimum Gasteiger partial charge on any atom is -0.384 e. The van der Waals surface area contributed by atoms with Gasteiger partial charge in [-0.1, -0.05) is 48.0 Å². The number of rotatable bonds is 2. The van der Waals surface area contributed by atoms with E-state index < -0.39 is 5.60 Å². The lowest BCUT2D eigenvalue weighted by Gasteiger charge is -2.44. The van der Waals surface area contributed by atoms with Crippen molar-refractivity contribution < 1.29 is 9.50 Å². The summed E-state index contributed by atoms with van der Waals surface area (Å²) in [5.41, 5.74) is 1.56. The number of aliphatic hydroxyl groups is 1. The smallest absolute Gasteiger partial charge is 0.126 e. The molecule has 0 aromatic heterocycles. The van der Waals surface area contributed by atoms with Crippen molar-refractivity contribution in [3.63, 3.8) is 0 Å². The summed E-state index contributed by atoms with van der Waals surface area (Å²) in [7, 11) is 2.02. The number of piperidine rings is 1. The average Bonchev–Trinajstić information content (AvgIpc) is 2.51. The highest BCUT2D eigenvalue weighted by atomic mass is 19.1. The Labute approximate surface area is 131 Å². The number of aryl methyl sites for hydroxylation is 1. The summed E-state index contributed by atoms with van der Waals surface area (Å²) >= 11 is 0. The van der Waals surface area contributed by atoms with Crippen LogP contribution in [0.4, 0.5) is 4.39 Å². The molecule has 1 aliphatic heterocycles. The van der Waals surface area contributed by atoms with Gasteiger partial charge in [-0.15, -0.1) is 0 Å². The molecule has 3 rings (SSSR count). The van der Waals surface area contributed by atoms with Crippen molar-refractivity contribution in [3.8, 4) is 0 Å². The molecule has 1 N–H and O–H groups in total. The summed E-state index contributed by atoms with van der Waals surface area (Å²) in [4.78, 5) is 2.15. The summed E-state index contributed by atoms with van der Waals surface area (Å²) in [6.07, 6.45) is 0.603. The molecule has 1 heterocycles. The summed E-state index contributed by atoms with van der Waals surface area (Å²) in [6.45, 7) is 3.46. The molecule has 0 spiro atoms. The second-order valence-corrected chi connectivity index (χ2v) is 6.38. The van der Waals surface area contributed by atoms with Crippen molar-refractivity contribution in [2.24, 2.45) is 0 Å². The zero-order valence-corrected chi connectivity index (χ0v) is 13.1. The molecule has 3 heteroatoms. The van der Waals surface area contributed by atoms with Gasteiger partial charge in [-0.25, -0.2) is 4.39 Å². The van der Waals surface area contributed by atoms with Gasteiger partial charge in [0, 0.05) is 19.0 Å². The van der Waals surface area contributed by atoms with Crippen LogP contribution in [-0.2, 0) is 5.60 Å². The van der Waals surface area contributed by atoms with Gasteiger partial charge in [0.1, 0.15) is 5.82 Å². The molecular formula is C19H22FNO. The van der Waals surface area contributed by atoms with Gasteiger partial charge in [-0.3, -0.25) is 0 Å². The standard InChI is InChI=1S/C19H22FNO/c1-14-6-5-7-15(12-14)19(22)10-11-21(2)13-17(19)16-8-3-4-9-18(16)20/h3-9,12,17,22H,10-11,13H2,1-2H3/t17-,19+/m1/s1. The second kappa shape index (κ2) is 5.82. The van der Waals surface area contributed by atoms with Crippen LogP contribution in [0, 0.1) is 12.7 Å². The van der Waals surface area contributed by atoms with Crippen LogP contribution in [0.1, 0.15) is 29.0 Å².